The van der Waals surface area contributed by atoms with Crippen molar-refractivity contribution in [2.75, 3.05) is 0 Å². The third-order valence-electron chi connectivity index (χ3n) is 3.50. The van der Waals surface area contributed by atoms with Crippen LogP contribution in [0.15, 0.2) is 65.0 Å². The van der Waals surface area contributed by atoms with Crippen LogP contribution in [0.4, 0.5) is 0 Å². The van der Waals surface area contributed by atoms with Gasteiger partial charge in [-0.25, -0.2) is 4.79 Å². The number of nitrogens with zero attached hydrogens (tertiary/aromatic N) is 1. The molecule has 0 spiro atoms. The van der Waals surface area contributed by atoms with Gasteiger partial charge in [-0.15, -0.1) is 11.3 Å². The lowest BCUT2D eigenvalue weighted by molar-refractivity contribution is -0.132. The third kappa shape index (κ3) is 4.82. The standard InChI is InChI=1S/C19H12BrClN2O3S/c20-12-7-11(9-22-10-12)18(24)23-16(19(25)26)8-13-5-6-17(27-13)14-3-1-2-4-15(14)21/h1-10H,(H,23,24)(H,25,26)/b16-8-. The molecule has 2 heterocycles. The van der Waals surface area contributed by atoms with Crippen molar-refractivity contribution in [2.24, 2.45) is 0 Å². The van der Waals surface area contributed by atoms with E-state index in [1.54, 1.807) is 18.2 Å². The molecule has 3 aromatic rings. The number of halogens is 2. The summed E-state index contributed by atoms with van der Waals surface area (Å²) in [5.41, 5.74) is 0.886. The van der Waals surface area contributed by atoms with Gasteiger partial charge in [-0.05, 0) is 46.3 Å². The monoisotopic (exact) mass is 462 g/mol. The number of carbonyl (C=O) groups is 2. The number of carboxylic acids is 1. The van der Waals surface area contributed by atoms with Crippen molar-refractivity contribution >= 4 is 56.8 Å². The van der Waals surface area contributed by atoms with Crippen LogP contribution in [0, 0.1) is 0 Å². The number of aliphatic carboxylic acids is 1. The molecule has 0 saturated heterocycles. The number of hydrogen-bond donors (Lipinski definition) is 2. The summed E-state index contributed by atoms with van der Waals surface area (Å²) in [4.78, 5) is 29.3. The summed E-state index contributed by atoms with van der Waals surface area (Å²) < 4.78 is 0.624. The largest absolute Gasteiger partial charge is 0.477 e. The van der Waals surface area contributed by atoms with Crippen LogP contribution in [0.3, 0.4) is 0 Å². The fraction of sp³-hybridized carbons (Fsp3) is 0. The number of hydrogen-bond acceptors (Lipinski definition) is 4. The molecule has 0 aliphatic carbocycles. The van der Waals surface area contributed by atoms with Gasteiger partial charge in [0.2, 0.25) is 0 Å². The Morgan fingerprint density at radius 2 is 1.96 bits per heavy atom. The molecule has 0 unspecified atom stereocenters. The van der Waals surface area contributed by atoms with Gasteiger partial charge in [0.25, 0.3) is 5.91 Å². The normalized spacial score (nSPS) is 11.3. The van der Waals surface area contributed by atoms with Crippen molar-refractivity contribution < 1.29 is 14.7 Å². The Labute approximate surface area is 172 Å². The first-order chi connectivity index (χ1) is 12.9. The highest BCUT2D eigenvalue weighted by molar-refractivity contribution is 9.10. The maximum atomic E-state index is 12.3. The van der Waals surface area contributed by atoms with E-state index < -0.39 is 11.9 Å². The predicted octanol–water partition coefficient (Wildman–Crippen LogP) is 5.08. The molecule has 0 saturated carbocycles. The Bertz CT molecular complexity index is 1050. The molecule has 27 heavy (non-hydrogen) atoms. The highest BCUT2D eigenvalue weighted by Gasteiger charge is 2.15. The molecule has 8 heteroatoms. The molecule has 5 nitrogen and oxygen atoms in total. The van der Waals surface area contributed by atoms with E-state index in [9.17, 15) is 14.7 Å². The Morgan fingerprint density at radius 3 is 2.67 bits per heavy atom. The van der Waals surface area contributed by atoms with Crippen LogP contribution < -0.4 is 5.32 Å². The zero-order valence-electron chi connectivity index (χ0n) is 13.6. The number of carboxylic acid groups (broad SMARTS) is 1. The number of thiophene rings is 1. The van der Waals surface area contributed by atoms with Crippen LogP contribution in [-0.4, -0.2) is 22.0 Å². The van der Waals surface area contributed by atoms with Crippen molar-refractivity contribution in [3.63, 3.8) is 0 Å². The molecule has 2 N–H and O–H groups in total. The molecule has 136 valence electrons. The van der Waals surface area contributed by atoms with Crippen LogP contribution in [0.25, 0.3) is 16.5 Å². The summed E-state index contributed by atoms with van der Waals surface area (Å²) in [6.07, 6.45) is 4.31. The van der Waals surface area contributed by atoms with Crippen molar-refractivity contribution in [1.29, 1.82) is 0 Å². The van der Waals surface area contributed by atoms with Gasteiger partial charge in [0, 0.05) is 37.2 Å². The zero-order valence-corrected chi connectivity index (χ0v) is 16.8. The van der Waals surface area contributed by atoms with Gasteiger partial charge in [0.15, 0.2) is 0 Å². The molecule has 0 aliphatic heterocycles. The maximum absolute atomic E-state index is 12.3. The van der Waals surface area contributed by atoms with Gasteiger partial charge in [0.05, 0.1) is 5.56 Å². The lowest BCUT2D eigenvalue weighted by Crippen LogP contribution is -2.27. The minimum atomic E-state index is -1.24. The Balaban J connectivity index is 1.85. The molecule has 1 aromatic carbocycles. The fourth-order valence-electron chi connectivity index (χ4n) is 2.26. The maximum Gasteiger partial charge on any atom is 0.352 e. The number of amides is 1. The number of benzene rings is 1. The molecule has 0 aliphatic rings. The van der Waals surface area contributed by atoms with E-state index in [2.05, 4.69) is 26.2 Å². The second-order valence-electron chi connectivity index (χ2n) is 5.39. The Kier molecular flexibility index (Phi) is 6.05. The van der Waals surface area contributed by atoms with Gasteiger partial charge in [-0.1, -0.05) is 29.8 Å². The van der Waals surface area contributed by atoms with E-state index in [0.29, 0.717) is 14.4 Å². The first-order valence-corrected chi connectivity index (χ1v) is 9.64. The summed E-state index contributed by atoms with van der Waals surface area (Å²) in [6, 6.07) is 12.6. The molecule has 0 radical (unpaired) electrons. The second kappa shape index (κ2) is 8.47. The van der Waals surface area contributed by atoms with Crippen molar-refractivity contribution in [2.45, 2.75) is 0 Å². The summed E-state index contributed by atoms with van der Waals surface area (Å²) >= 11 is 10.8. The van der Waals surface area contributed by atoms with E-state index in [0.717, 1.165) is 10.4 Å². The number of aromatic nitrogens is 1. The third-order valence-corrected chi connectivity index (χ3v) is 5.33. The molecular weight excluding hydrogens is 452 g/mol. The van der Waals surface area contributed by atoms with Gasteiger partial charge in [-0.3, -0.25) is 9.78 Å². The predicted molar refractivity (Wildman–Crippen MR) is 110 cm³/mol. The van der Waals surface area contributed by atoms with Crippen molar-refractivity contribution in [3.8, 4) is 10.4 Å². The summed E-state index contributed by atoms with van der Waals surface area (Å²) in [7, 11) is 0. The van der Waals surface area contributed by atoms with E-state index in [1.165, 1.54) is 29.8 Å². The van der Waals surface area contributed by atoms with E-state index >= 15 is 0 Å². The van der Waals surface area contributed by atoms with Crippen LogP contribution in [0.2, 0.25) is 5.02 Å². The molecule has 2 aromatic heterocycles. The SMILES string of the molecule is O=C(O)/C(=C/c1ccc(-c2ccccc2Cl)s1)NC(=O)c1cncc(Br)c1. The first-order valence-electron chi connectivity index (χ1n) is 7.65. The Hall–Kier alpha value is -2.48. The molecule has 3 rings (SSSR count). The average molecular weight is 464 g/mol. The minimum Gasteiger partial charge on any atom is -0.477 e. The van der Waals surface area contributed by atoms with E-state index in [4.69, 9.17) is 11.6 Å². The van der Waals surface area contributed by atoms with Crippen LogP contribution in [0.1, 0.15) is 15.2 Å². The Morgan fingerprint density at radius 1 is 1.19 bits per heavy atom. The van der Waals surface area contributed by atoms with Crippen LogP contribution >= 0.6 is 38.9 Å². The van der Waals surface area contributed by atoms with Crippen LogP contribution in [-0.2, 0) is 4.79 Å². The number of carbonyl (C=O) groups excluding carboxylic acids is 1. The van der Waals surface area contributed by atoms with Gasteiger partial charge < -0.3 is 10.4 Å². The molecule has 0 fully saturated rings. The zero-order chi connectivity index (χ0) is 19.4. The van der Waals surface area contributed by atoms with Crippen molar-refractivity contribution in [3.05, 3.63) is 80.5 Å². The summed E-state index contributed by atoms with van der Waals surface area (Å²) in [6.45, 7) is 0. The highest BCUT2D eigenvalue weighted by Crippen LogP contribution is 2.33. The highest BCUT2D eigenvalue weighted by atomic mass is 79.9. The number of nitrogens with one attached hydrogen (secondary N) is 1. The van der Waals surface area contributed by atoms with Gasteiger partial charge in [-0.2, -0.15) is 0 Å². The lowest BCUT2D eigenvalue weighted by atomic mass is 10.2. The molecule has 0 bridgehead atoms. The smallest absolute Gasteiger partial charge is 0.352 e. The first kappa shape index (κ1) is 19.3. The minimum absolute atomic E-state index is 0.229. The van der Waals surface area contributed by atoms with Crippen molar-refractivity contribution in [1.82, 2.24) is 10.3 Å². The fourth-order valence-corrected chi connectivity index (χ4v) is 3.91. The summed E-state index contributed by atoms with van der Waals surface area (Å²) in [5.74, 6) is -1.79. The topological polar surface area (TPSA) is 79.3 Å². The molecule has 0 atom stereocenters. The van der Waals surface area contributed by atoms with Gasteiger partial charge in [0.1, 0.15) is 5.70 Å². The second-order valence-corrected chi connectivity index (χ2v) is 7.83. The van der Waals surface area contributed by atoms with E-state index in [1.807, 2.05) is 24.3 Å². The lowest BCUT2D eigenvalue weighted by Gasteiger charge is -2.06. The average Bonchev–Trinajstić information content (AvgIpc) is 3.09. The number of rotatable bonds is 5. The van der Waals surface area contributed by atoms with Crippen LogP contribution in [0.5, 0.6) is 0 Å². The number of pyridine rings is 1. The molecule has 1 amide bonds. The summed E-state index contributed by atoms with van der Waals surface area (Å²) in [5, 5.41) is 12.5. The quantitative estimate of drug-likeness (QED) is 0.517. The molecular formula is C19H12BrClN2O3S. The van der Waals surface area contributed by atoms with E-state index in [-0.39, 0.29) is 11.3 Å². The van der Waals surface area contributed by atoms with Gasteiger partial charge >= 0.3 is 5.97 Å².